The summed E-state index contributed by atoms with van der Waals surface area (Å²) < 4.78 is 6.03. The molecule has 0 radical (unpaired) electrons. The van der Waals surface area contributed by atoms with E-state index in [9.17, 15) is 0 Å². The van der Waals surface area contributed by atoms with Crippen molar-refractivity contribution < 1.29 is 4.74 Å². The van der Waals surface area contributed by atoms with E-state index < -0.39 is 0 Å². The molecule has 1 aromatic carbocycles. The Labute approximate surface area is 118 Å². The van der Waals surface area contributed by atoms with E-state index in [0.29, 0.717) is 12.1 Å². The highest BCUT2D eigenvalue weighted by molar-refractivity contribution is 9.09. The minimum atomic E-state index is 0.309. The molecule has 1 aromatic rings. The van der Waals surface area contributed by atoms with Gasteiger partial charge in [0, 0.05) is 30.9 Å². The van der Waals surface area contributed by atoms with Crippen molar-refractivity contribution >= 4 is 15.9 Å². The topological polar surface area (TPSA) is 12.5 Å². The SMILES string of the molecule is Cc1ccc2c(c1)CC(CN(CCBr)C(C)C)O2. The van der Waals surface area contributed by atoms with Crippen LogP contribution in [0.4, 0.5) is 0 Å². The molecule has 3 heteroatoms. The second kappa shape index (κ2) is 6.07. The van der Waals surface area contributed by atoms with Crippen LogP contribution in [-0.4, -0.2) is 35.5 Å². The number of aryl methyl sites for hydroxylation is 1. The van der Waals surface area contributed by atoms with Crippen LogP contribution in [0.25, 0.3) is 0 Å². The molecule has 1 heterocycles. The van der Waals surface area contributed by atoms with Crippen LogP contribution in [0, 0.1) is 6.92 Å². The van der Waals surface area contributed by atoms with Gasteiger partial charge in [0.2, 0.25) is 0 Å². The van der Waals surface area contributed by atoms with Crippen molar-refractivity contribution in [1.82, 2.24) is 4.90 Å². The number of hydrogen-bond donors (Lipinski definition) is 0. The van der Waals surface area contributed by atoms with Crippen molar-refractivity contribution in [3.63, 3.8) is 0 Å². The predicted octanol–water partition coefficient (Wildman–Crippen LogP) is 3.40. The van der Waals surface area contributed by atoms with Gasteiger partial charge in [-0.05, 0) is 32.4 Å². The summed E-state index contributed by atoms with van der Waals surface area (Å²) in [6.45, 7) is 8.71. The molecule has 1 unspecified atom stereocenters. The Kier molecular flexibility index (Phi) is 4.68. The van der Waals surface area contributed by atoms with Crippen LogP contribution < -0.4 is 4.74 Å². The van der Waals surface area contributed by atoms with Gasteiger partial charge in [-0.3, -0.25) is 4.90 Å². The zero-order chi connectivity index (χ0) is 13.1. The highest BCUT2D eigenvalue weighted by Crippen LogP contribution is 2.29. The molecule has 0 aromatic heterocycles. The molecule has 0 N–H and O–H groups in total. The lowest BCUT2D eigenvalue weighted by Gasteiger charge is -2.28. The molecule has 0 saturated heterocycles. The summed E-state index contributed by atoms with van der Waals surface area (Å²) in [6.07, 6.45) is 1.35. The van der Waals surface area contributed by atoms with Crippen molar-refractivity contribution in [1.29, 1.82) is 0 Å². The fourth-order valence-corrected chi connectivity index (χ4v) is 2.94. The molecule has 1 aliphatic heterocycles. The fraction of sp³-hybridized carbons (Fsp3) is 0.600. The van der Waals surface area contributed by atoms with Crippen LogP contribution >= 0.6 is 15.9 Å². The molecule has 0 amide bonds. The molecule has 0 saturated carbocycles. The van der Waals surface area contributed by atoms with Crippen molar-refractivity contribution in [2.75, 3.05) is 18.4 Å². The van der Waals surface area contributed by atoms with Gasteiger partial charge in [0.25, 0.3) is 0 Å². The first-order valence-electron chi connectivity index (χ1n) is 6.66. The molecule has 0 fully saturated rings. The number of ether oxygens (including phenoxy) is 1. The Balaban J connectivity index is 1.98. The first-order chi connectivity index (χ1) is 8.60. The van der Waals surface area contributed by atoms with Gasteiger partial charge in [0.1, 0.15) is 11.9 Å². The molecule has 0 bridgehead atoms. The van der Waals surface area contributed by atoms with Gasteiger partial charge >= 0.3 is 0 Å². The van der Waals surface area contributed by atoms with E-state index in [-0.39, 0.29) is 0 Å². The molecule has 1 atom stereocenters. The van der Waals surface area contributed by atoms with Gasteiger partial charge in [-0.2, -0.15) is 0 Å². The summed E-state index contributed by atoms with van der Waals surface area (Å²) in [5, 5.41) is 1.02. The third kappa shape index (κ3) is 3.27. The number of nitrogens with zero attached hydrogens (tertiary/aromatic N) is 1. The van der Waals surface area contributed by atoms with E-state index >= 15 is 0 Å². The second-order valence-electron chi connectivity index (χ2n) is 5.33. The predicted molar refractivity (Wildman–Crippen MR) is 79.8 cm³/mol. The van der Waals surface area contributed by atoms with Crippen LogP contribution in [-0.2, 0) is 6.42 Å². The quantitative estimate of drug-likeness (QED) is 0.773. The third-order valence-electron chi connectivity index (χ3n) is 3.50. The molecule has 2 nitrogen and oxygen atoms in total. The molecular formula is C15H22BrNO. The van der Waals surface area contributed by atoms with E-state index in [2.05, 4.69) is 59.8 Å². The maximum absolute atomic E-state index is 6.03. The first kappa shape index (κ1) is 13.9. The molecular weight excluding hydrogens is 290 g/mol. The molecule has 0 spiro atoms. The third-order valence-corrected chi connectivity index (χ3v) is 3.85. The zero-order valence-electron chi connectivity index (χ0n) is 11.4. The molecule has 2 rings (SSSR count). The van der Waals surface area contributed by atoms with E-state index in [1.165, 1.54) is 11.1 Å². The number of alkyl halides is 1. The van der Waals surface area contributed by atoms with Crippen molar-refractivity contribution in [3.8, 4) is 5.75 Å². The normalized spacial score (nSPS) is 18.2. The van der Waals surface area contributed by atoms with Crippen molar-refractivity contribution in [3.05, 3.63) is 29.3 Å². The molecule has 1 aliphatic rings. The van der Waals surface area contributed by atoms with Crippen LogP contribution in [0.2, 0.25) is 0 Å². The number of benzene rings is 1. The smallest absolute Gasteiger partial charge is 0.123 e. The lowest BCUT2D eigenvalue weighted by molar-refractivity contribution is 0.133. The highest BCUT2D eigenvalue weighted by Gasteiger charge is 2.25. The van der Waals surface area contributed by atoms with E-state index in [1.807, 2.05) is 0 Å². The fourth-order valence-electron chi connectivity index (χ4n) is 2.48. The lowest BCUT2D eigenvalue weighted by atomic mass is 10.1. The number of fused-ring (bicyclic) bond motifs is 1. The average Bonchev–Trinajstić information content (AvgIpc) is 2.69. The standard InChI is InChI=1S/C15H22BrNO/c1-11(2)17(7-6-16)10-14-9-13-8-12(3)4-5-15(13)18-14/h4-5,8,11,14H,6-7,9-10H2,1-3H3. The Bertz CT molecular complexity index is 405. The summed E-state index contributed by atoms with van der Waals surface area (Å²) in [6, 6.07) is 7.05. The zero-order valence-corrected chi connectivity index (χ0v) is 13.0. The van der Waals surface area contributed by atoms with E-state index in [1.54, 1.807) is 0 Å². The summed E-state index contributed by atoms with van der Waals surface area (Å²) in [5.41, 5.74) is 2.68. The summed E-state index contributed by atoms with van der Waals surface area (Å²) >= 11 is 3.52. The monoisotopic (exact) mass is 311 g/mol. The largest absolute Gasteiger partial charge is 0.488 e. The van der Waals surface area contributed by atoms with Gasteiger partial charge in [-0.15, -0.1) is 0 Å². The minimum absolute atomic E-state index is 0.309. The number of hydrogen-bond acceptors (Lipinski definition) is 2. The van der Waals surface area contributed by atoms with Gasteiger partial charge in [-0.1, -0.05) is 33.6 Å². The van der Waals surface area contributed by atoms with Gasteiger partial charge in [-0.25, -0.2) is 0 Å². The van der Waals surface area contributed by atoms with Crippen LogP contribution in [0.5, 0.6) is 5.75 Å². The summed E-state index contributed by atoms with van der Waals surface area (Å²) in [5.74, 6) is 1.08. The Morgan fingerprint density at radius 2 is 2.22 bits per heavy atom. The molecule has 0 aliphatic carbocycles. The van der Waals surface area contributed by atoms with Crippen LogP contribution in [0.3, 0.4) is 0 Å². The Morgan fingerprint density at radius 3 is 2.89 bits per heavy atom. The van der Waals surface area contributed by atoms with Crippen LogP contribution in [0.15, 0.2) is 18.2 Å². The highest BCUT2D eigenvalue weighted by atomic mass is 79.9. The Morgan fingerprint density at radius 1 is 1.44 bits per heavy atom. The lowest BCUT2D eigenvalue weighted by Crippen LogP contribution is -2.40. The number of halogens is 1. The summed E-state index contributed by atoms with van der Waals surface area (Å²) in [4.78, 5) is 2.47. The number of rotatable bonds is 5. The van der Waals surface area contributed by atoms with Crippen molar-refractivity contribution in [2.45, 2.75) is 39.3 Å². The average molecular weight is 312 g/mol. The summed E-state index contributed by atoms with van der Waals surface area (Å²) in [7, 11) is 0. The van der Waals surface area contributed by atoms with Crippen molar-refractivity contribution in [2.24, 2.45) is 0 Å². The van der Waals surface area contributed by atoms with E-state index in [4.69, 9.17) is 4.74 Å². The molecule has 100 valence electrons. The first-order valence-corrected chi connectivity index (χ1v) is 7.78. The maximum atomic E-state index is 6.03. The van der Waals surface area contributed by atoms with Crippen LogP contribution in [0.1, 0.15) is 25.0 Å². The van der Waals surface area contributed by atoms with E-state index in [0.717, 1.165) is 30.6 Å². The van der Waals surface area contributed by atoms with Gasteiger partial charge in [0.15, 0.2) is 0 Å². The van der Waals surface area contributed by atoms with Gasteiger partial charge in [0.05, 0.1) is 0 Å². The second-order valence-corrected chi connectivity index (χ2v) is 6.13. The Hall–Kier alpha value is -0.540. The minimum Gasteiger partial charge on any atom is -0.488 e. The maximum Gasteiger partial charge on any atom is 0.123 e. The molecule has 18 heavy (non-hydrogen) atoms. The van der Waals surface area contributed by atoms with Gasteiger partial charge < -0.3 is 4.74 Å².